The molecule has 1 heterocycles. The minimum absolute atomic E-state index is 0.136. The van der Waals surface area contributed by atoms with Gasteiger partial charge in [-0.2, -0.15) is 0 Å². The summed E-state index contributed by atoms with van der Waals surface area (Å²) in [6.07, 6.45) is 0. The van der Waals surface area contributed by atoms with Gasteiger partial charge in [0.2, 0.25) is 0 Å². The van der Waals surface area contributed by atoms with Crippen molar-refractivity contribution in [1.82, 2.24) is 0 Å². The standard InChI is InChI=1S/C15H18BrNS/c1-9(2)15(17)14-5-4-13(18-14)11-6-10(3)7-12(16)8-11/h4-9,15H,17H2,1-3H3. The van der Waals surface area contributed by atoms with Crippen LogP contribution in [0.4, 0.5) is 0 Å². The molecule has 0 fully saturated rings. The molecule has 1 nitrogen and oxygen atoms in total. The van der Waals surface area contributed by atoms with Crippen LogP contribution < -0.4 is 5.73 Å². The summed E-state index contributed by atoms with van der Waals surface area (Å²) >= 11 is 5.34. The molecule has 0 amide bonds. The fraction of sp³-hybridized carbons (Fsp3) is 0.333. The summed E-state index contributed by atoms with van der Waals surface area (Å²) < 4.78 is 1.13. The van der Waals surface area contributed by atoms with Crippen LogP contribution in [0.25, 0.3) is 10.4 Å². The molecule has 0 aliphatic rings. The predicted octanol–water partition coefficient (Wildman–Crippen LogP) is 5.14. The van der Waals surface area contributed by atoms with Crippen LogP contribution in [-0.2, 0) is 0 Å². The predicted molar refractivity (Wildman–Crippen MR) is 84.0 cm³/mol. The monoisotopic (exact) mass is 323 g/mol. The van der Waals surface area contributed by atoms with Crippen molar-refractivity contribution in [2.24, 2.45) is 11.7 Å². The van der Waals surface area contributed by atoms with Crippen molar-refractivity contribution in [3.05, 3.63) is 45.2 Å². The van der Waals surface area contributed by atoms with E-state index in [1.54, 1.807) is 11.3 Å². The molecule has 0 saturated carbocycles. The largest absolute Gasteiger partial charge is 0.323 e. The second-order valence-electron chi connectivity index (χ2n) is 4.99. The molecule has 2 aromatic rings. The van der Waals surface area contributed by atoms with Crippen LogP contribution in [0.5, 0.6) is 0 Å². The highest BCUT2D eigenvalue weighted by Gasteiger charge is 2.13. The van der Waals surface area contributed by atoms with Crippen molar-refractivity contribution in [1.29, 1.82) is 0 Å². The number of halogens is 1. The molecular formula is C15H18BrNS. The summed E-state index contributed by atoms with van der Waals surface area (Å²) in [5.74, 6) is 0.473. The Hall–Kier alpha value is -0.640. The number of hydrogen-bond donors (Lipinski definition) is 1. The third kappa shape index (κ3) is 3.02. The first-order chi connectivity index (χ1) is 8.47. The lowest BCUT2D eigenvalue weighted by Crippen LogP contribution is -2.14. The molecule has 0 radical (unpaired) electrons. The highest BCUT2D eigenvalue weighted by atomic mass is 79.9. The Morgan fingerprint density at radius 1 is 1.17 bits per heavy atom. The molecule has 0 aliphatic heterocycles. The van der Waals surface area contributed by atoms with Crippen LogP contribution in [0, 0.1) is 12.8 Å². The molecule has 3 heteroatoms. The van der Waals surface area contributed by atoms with E-state index in [0.717, 1.165) is 4.47 Å². The molecule has 96 valence electrons. The van der Waals surface area contributed by atoms with E-state index in [2.05, 4.69) is 67.0 Å². The molecule has 1 aromatic heterocycles. The Labute approximate surface area is 121 Å². The van der Waals surface area contributed by atoms with E-state index in [1.165, 1.54) is 20.9 Å². The van der Waals surface area contributed by atoms with Crippen molar-refractivity contribution in [3.8, 4) is 10.4 Å². The van der Waals surface area contributed by atoms with Crippen molar-refractivity contribution in [3.63, 3.8) is 0 Å². The molecule has 18 heavy (non-hydrogen) atoms. The Bertz CT molecular complexity index is 525. The molecule has 0 spiro atoms. The van der Waals surface area contributed by atoms with Crippen molar-refractivity contribution in [2.45, 2.75) is 26.8 Å². The van der Waals surface area contributed by atoms with Crippen LogP contribution >= 0.6 is 27.3 Å². The van der Waals surface area contributed by atoms with Gasteiger partial charge in [0.1, 0.15) is 0 Å². The van der Waals surface area contributed by atoms with Crippen LogP contribution in [0.2, 0.25) is 0 Å². The Kier molecular flexibility index (Phi) is 4.25. The van der Waals surface area contributed by atoms with Crippen molar-refractivity contribution < 1.29 is 0 Å². The van der Waals surface area contributed by atoms with Gasteiger partial charge in [0.05, 0.1) is 0 Å². The molecule has 2 N–H and O–H groups in total. The normalized spacial score (nSPS) is 13.0. The zero-order chi connectivity index (χ0) is 13.3. The molecular weight excluding hydrogens is 306 g/mol. The summed E-state index contributed by atoms with van der Waals surface area (Å²) in [7, 11) is 0. The van der Waals surface area contributed by atoms with E-state index in [-0.39, 0.29) is 6.04 Å². The molecule has 0 saturated heterocycles. The molecule has 1 atom stereocenters. The number of aryl methyl sites for hydroxylation is 1. The van der Waals surface area contributed by atoms with Gasteiger partial charge in [-0.05, 0) is 48.2 Å². The van der Waals surface area contributed by atoms with E-state index in [9.17, 15) is 0 Å². The zero-order valence-electron chi connectivity index (χ0n) is 10.9. The fourth-order valence-electron chi connectivity index (χ4n) is 1.89. The van der Waals surface area contributed by atoms with Gasteiger partial charge < -0.3 is 5.73 Å². The van der Waals surface area contributed by atoms with E-state index in [1.807, 2.05) is 0 Å². The number of nitrogens with two attached hydrogens (primary N) is 1. The molecule has 0 aliphatic carbocycles. The minimum Gasteiger partial charge on any atom is -0.323 e. The SMILES string of the molecule is Cc1cc(Br)cc(-c2ccc(C(N)C(C)C)s2)c1. The summed E-state index contributed by atoms with van der Waals surface area (Å²) in [5, 5.41) is 0. The van der Waals surface area contributed by atoms with Gasteiger partial charge in [-0.1, -0.05) is 35.8 Å². The first-order valence-corrected chi connectivity index (χ1v) is 7.71. The van der Waals surface area contributed by atoms with Gasteiger partial charge in [-0.25, -0.2) is 0 Å². The first kappa shape index (κ1) is 13.8. The summed E-state index contributed by atoms with van der Waals surface area (Å²) in [6.45, 7) is 6.43. The van der Waals surface area contributed by atoms with Gasteiger partial charge >= 0.3 is 0 Å². The number of hydrogen-bond acceptors (Lipinski definition) is 2. The van der Waals surface area contributed by atoms with Crippen LogP contribution in [-0.4, -0.2) is 0 Å². The summed E-state index contributed by atoms with van der Waals surface area (Å²) in [5.41, 5.74) is 8.71. The third-order valence-electron chi connectivity index (χ3n) is 3.00. The first-order valence-electron chi connectivity index (χ1n) is 6.10. The van der Waals surface area contributed by atoms with E-state index < -0.39 is 0 Å². The van der Waals surface area contributed by atoms with Crippen LogP contribution in [0.15, 0.2) is 34.8 Å². The average Bonchev–Trinajstić information content (AvgIpc) is 2.75. The lowest BCUT2D eigenvalue weighted by molar-refractivity contribution is 0.521. The Balaban J connectivity index is 2.35. The van der Waals surface area contributed by atoms with E-state index in [4.69, 9.17) is 5.73 Å². The highest BCUT2D eigenvalue weighted by Crippen LogP contribution is 2.34. The second-order valence-corrected chi connectivity index (χ2v) is 7.02. The minimum atomic E-state index is 0.136. The van der Waals surface area contributed by atoms with Crippen molar-refractivity contribution >= 4 is 27.3 Å². The van der Waals surface area contributed by atoms with Gasteiger partial charge in [0.15, 0.2) is 0 Å². The van der Waals surface area contributed by atoms with Gasteiger partial charge in [0.25, 0.3) is 0 Å². The van der Waals surface area contributed by atoms with Crippen LogP contribution in [0.1, 0.15) is 30.3 Å². The number of benzene rings is 1. The second kappa shape index (κ2) is 5.55. The smallest absolute Gasteiger partial charge is 0.0413 e. The summed E-state index contributed by atoms with van der Waals surface area (Å²) in [4.78, 5) is 2.54. The van der Waals surface area contributed by atoms with Gasteiger partial charge in [0, 0.05) is 20.3 Å². The molecule has 1 unspecified atom stereocenters. The molecule has 1 aromatic carbocycles. The Morgan fingerprint density at radius 3 is 2.50 bits per heavy atom. The third-order valence-corrected chi connectivity index (χ3v) is 4.69. The highest BCUT2D eigenvalue weighted by molar-refractivity contribution is 9.10. The van der Waals surface area contributed by atoms with E-state index >= 15 is 0 Å². The molecule has 0 bridgehead atoms. The van der Waals surface area contributed by atoms with E-state index in [0.29, 0.717) is 5.92 Å². The number of rotatable bonds is 3. The summed E-state index contributed by atoms with van der Waals surface area (Å²) in [6, 6.07) is 10.9. The maximum atomic E-state index is 6.19. The fourth-order valence-corrected chi connectivity index (χ4v) is 3.67. The average molecular weight is 324 g/mol. The number of thiophene rings is 1. The lowest BCUT2D eigenvalue weighted by Gasteiger charge is -2.12. The Morgan fingerprint density at radius 2 is 1.89 bits per heavy atom. The van der Waals surface area contributed by atoms with Crippen molar-refractivity contribution in [2.75, 3.05) is 0 Å². The maximum absolute atomic E-state index is 6.19. The lowest BCUT2D eigenvalue weighted by atomic mass is 10.0. The zero-order valence-corrected chi connectivity index (χ0v) is 13.3. The van der Waals surface area contributed by atoms with Crippen LogP contribution in [0.3, 0.4) is 0 Å². The molecule has 2 rings (SSSR count). The van der Waals surface area contributed by atoms with Gasteiger partial charge in [-0.3, -0.25) is 0 Å². The maximum Gasteiger partial charge on any atom is 0.0413 e. The topological polar surface area (TPSA) is 26.0 Å². The van der Waals surface area contributed by atoms with Gasteiger partial charge in [-0.15, -0.1) is 11.3 Å². The quantitative estimate of drug-likeness (QED) is 0.831.